The van der Waals surface area contributed by atoms with Crippen molar-refractivity contribution in [2.75, 3.05) is 36.4 Å². The summed E-state index contributed by atoms with van der Waals surface area (Å²) in [4.78, 5) is 29.5. The third-order valence-electron chi connectivity index (χ3n) is 4.82. The van der Waals surface area contributed by atoms with Gasteiger partial charge in [0, 0.05) is 26.2 Å². The lowest BCUT2D eigenvalue weighted by Gasteiger charge is -2.34. The largest absolute Gasteiger partial charge is 0.367 e. The van der Waals surface area contributed by atoms with Crippen LogP contribution in [0.15, 0.2) is 17.6 Å². The molecule has 3 heterocycles. The molecular formula is C16H23F2N7O2. The highest BCUT2D eigenvalue weighted by molar-refractivity contribution is 5.96. The highest BCUT2D eigenvalue weighted by Gasteiger charge is 2.37. The number of alkyl halides is 1. The molecule has 0 aliphatic carbocycles. The van der Waals surface area contributed by atoms with Crippen LogP contribution in [-0.2, 0) is 4.79 Å². The first-order valence-electron chi connectivity index (χ1n) is 8.89. The summed E-state index contributed by atoms with van der Waals surface area (Å²) < 4.78 is 27.7. The lowest BCUT2D eigenvalue weighted by atomic mass is 9.99. The van der Waals surface area contributed by atoms with E-state index in [0.29, 0.717) is 13.1 Å². The molecular weight excluding hydrogens is 360 g/mol. The quantitative estimate of drug-likeness (QED) is 0.520. The Balaban J connectivity index is 1.81. The molecule has 0 bridgehead atoms. The number of aromatic nitrogens is 1. The first-order valence-corrected chi connectivity index (χ1v) is 8.89. The van der Waals surface area contributed by atoms with E-state index < -0.39 is 36.1 Å². The minimum atomic E-state index is -1.36. The van der Waals surface area contributed by atoms with Crippen molar-refractivity contribution in [1.29, 1.82) is 0 Å². The third kappa shape index (κ3) is 4.37. The lowest BCUT2D eigenvalue weighted by Crippen LogP contribution is -2.62. The van der Waals surface area contributed by atoms with E-state index in [1.54, 1.807) is 0 Å². The second-order valence-corrected chi connectivity index (χ2v) is 6.71. The molecule has 0 spiro atoms. The molecule has 1 amide bonds. The van der Waals surface area contributed by atoms with Crippen LogP contribution in [0.3, 0.4) is 0 Å². The number of pyridine rings is 1. The van der Waals surface area contributed by atoms with Gasteiger partial charge in [0.15, 0.2) is 12.0 Å². The number of hydrogen-bond donors (Lipinski definition) is 4. The maximum Gasteiger partial charge on any atom is 0.234 e. The SMILES string of the molecule is NC(N=O)C(C(=O)Nc1cncc(F)c1N1CCCC1)C1NCC(F)CN1. The summed E-state index contributed by atoms with van der Waals surface area (Å²) >= 11 is 0. The zero-order chi connectivity index (χ0) is 19.4. The summed E-state index contributed by atoms with van der Waals surface area (Å²) in [7, 11) is 0. The smallest absolute Gasteiger partial charge is 0.234 e. The van der Waals surface area contributed by atoms with Gasteiger partial charge in [0.2, 0.25) is 5.91 Å². The highest BCUT2D eigenvalue weighted by Crippen LogP contribution is 2.31. The summed E-state index contributed by atoms with van der Waals surface area (Å²) in [5.74, 6) is -2.28. The van der Waals surface area contributed by atoms with Crippen molar-refractivity contribution in [2.24, 2.45) is 16.8 Å². The van der Waals surface area contributed by atoms with Gasteiger partial charge in [-0.25, -0.2) is 8.78 Å². The van der Waals surface area contributed by atoms with E-state index in [1.807, 2.05) is 4.90 Å². The predicted octanol–water partition coefficient (Wildman–Crippen LogP) is 0.284. The van der Waals surface area contributed by atoms with Crippen LogP contribution in [0.25, 0.3) is 0 Å². The second-order valence-electron chi connectivity index (χ2n) is 6.71. The predicted molar refractivity (Wildman–Crippen MR) is 96.2 cm³/mol. The fraction of sp³-hybridized carbons (Fsp3) is 0.625. The van der Waals surface area contributed by atoms with Crippen molar-refractivity contribution in [3.8, 4) is 0 Å². The van der Waals surface area contributed by atoms with Gasteiger partial charge in [0.1, 0.15) is 17.8 Å². The van der Waals surface area contributed by atoms with Crippen molar-refractivity contribution in [3.63, 3.8) is 0 Å². The van der Waals surface area contributed by atoms with Gasteiger partial charge in [-0.15, -0.1) is 4.91 Å². The molecule has 3 rings (SSSR count). The minimum Gasteiger partial charge on any atom is -0.367 e. The molecule has 2 aliphatic rings. The van der Waals surface area contributed by atoms with Gasteiger partial charge in [0.25, 0.3) is 0 Å². The molecule has 1 aromatic rings. The van der Waals surface area contributed by atoms with E-state index in [1.165, 1.54) is 6.20 Å². The van der Waals surface area contributed by atoms with Crippen LogP contribution >= 0.6 is 0 Å². The van der Waals surface area contributed by atoms with Crippen LogP contribution in [-0.4, -0.2) is 55.6 Å². The molecule has 2 unspecified atom stereocenters. The van der Waals surface area contributed by atoms with Crippen LogP contribution in [0.2, 0.25) is 0 Å². The standard InChI is InChI=1S/C16H23F2N7O2/c17-9-5-21-15(22-6-9)12(14(19)24-27)16(26)23-11-8-20-7-10(18)13(11)25-3-1-2-4-25/h7-9,12,14-15,21-22H,1-6,19H2,(H,23,26). The Hall–Kier alpha value is -2.24. The van der Waals surface area contributed by atoms with Gasteiger partial charge >= 0.3 is 0 Å². The fourth-order valence-electron chi connectivity index (χ4n) is 3.48. The number of halogens is 2. The van der Waals surface area contributed by atoms with E-state index >= 15 is 0 Å². The van der Waals surface area contributed by atoms with E-state index in [-0.39, 0.29) is 24.5 Å². The average Bonchev–Trinajstić information content (AvgIpc) is 3.17. The number of nitrogens with zero attached hydrogens (tertiary/aromatic N) is 3. The van der Waals surface area contributed by atoms with Crippen molar-refractivity contribution in [3.05, 3.63) is 23.1 Å². The Labute approximate surface area is 155 Å². The molecule has 148 valence electrons. The van der Waals surface area contributed by atoms with E-state index in [0.717, 1.165) is 19.0 Å². The zero-order valence-electron chi connectivity index (χ0n) is 14.7. The molecule has 1 aromatic heterocycles. The summed E-state index contributed by atoms with van der Waals surface area (Å²) in [5.41, 5.74) is 6.17. The number of nitroso groups, excluding NO2 is 1. The fourth-order valence-corrected chi connectivity index (χ4v) is 3.48. The van der Waals surface area contributed by atoms with E-state index in [9.17, 15) is 18.5 Å². The van der Waals surface area contributed by atoms with Gasteiger partial charge in [-0.05, 0) is 12.8 Å². The molecule has 2 atom stereocenters. The van der Waals surface area contributed by atoms with Gasteiger partial charge in [-0.2, -0.15) is 0 Å². The number of amides is 1. The van der Waals surface area contributed by atoms with Gasteiger partial charge in [0.05, 0.1) is 24.2 Å². The molecule has 0 aromatic carbocycles. The summed E-state index contributed by atoms with van der Waals surface area (Å²) in [5, 5.41) is 11.0. The van der Waals surface area contributed by atoms with Crippen LogP contribution in [0, 0.1) is 16.6 Å². The molecule has 0 saturated carbocycles. The topological polar surface area (TPSA) is 125 Å². The number of nitrogens with two attached hydrogens (primary N) is 1. The minimum absolute atomic E-state index is 0.0214. The number of carbonyl (C=O) groups is 1. The zero-order valence-corrected chi connectivity index (χ0v) is 14.7. The molecule has 9 nitrogen and oxygen atoms in total. The third-order valence-corrected chi connectivity index (χ3v) is 4.82. The van der Waals surface area contributed by atoms with Crippen molar-refractivity contribution in [2.45, 2.75) is 31.3 Å². The maximum absolute atomic E-state index is 14.4. The second kappa shape index (κ2) is 8.63. The number of carbonyl (C=O) groups excluding carboxylic acids is 1. The Morgan fingerprint density at radius 2 is 2.00 bits per heavy atom. The molecule has 5 N–H and O–H groups in total. The first-order chi connectivity index (χ1) is 13.0. The highest BCUT2D eigenvalue weighted by atomic mass is 19.1. The van der Waals surface area contributed by atoms with E-state index in [4.69, 9.17) is 5.73 Å². The van der Waals surface area contributed by atoms with Crippen molar-refractivity contribution >= 4 is 17.3 Å². The summed E-state index contributed by atoms with van der Waals surface area (Å²) in [6, 6.07) is 0. The number of rotatable bonds is 6. The lowest BCUT2D eigenvalue weighted by molar-refractivity contribution is -0.122. The van der Waals surface area contributed by atoms with Crippen molar-refractivity contribution < 1.29 is 13.6 Å². The number of nitrogens with one attached hydrogen (secondary N) is 3. The average molecular weight is 383 g/mol. The molecule has 27 heavy (non-hydrogen) atoms. The maximum atomic E-state index is 14.4. The van der Waals surface area contributed by atoms with Crippen LogP contribution < -0.4 is 26.6 Å². The van der Waals surface area contributed by atoms with Crippen molar-refractivity contribution in [1.82, 2.24) is 15.6 Å². The Morgan fingerprint density at radius 3 is 2.63 bits per heavy atom. The Bertz CT molecular complexity index is 679. The summed E-state index contributed by atoms with van der Waals surface area (Å²) in [6.45, 7) is 1.39. The summed E-state index contributed by atoms with van der Waals surface area (Å²) in [6.07, 6.45) is 1.09. The van der Waals surface area contributed by atoms with Gasteiger partial charge < -0.3 is 16.0 Å². The molecule has 0 radical (unpaired) electrons. The monoisotopic (exact) mass is 383 g/mol. The van der Waals surface area contributed by atoms with Crippen LogP contribution in [0.4, 0.5) is 20.2 Å². The van der Waals surface area contributed by atoms with Gasteiger partial charge in [-0.3, -0.25) is 20.4 Å². The molecule has 2 fully saturated rings. The Kier molecular flexibility index (Phi) is 6.24. The van der Waals surface area contributed by atoms with Gasteiger partial charge in [-0.1, -0.05) is 5.18 Å². The first kappa shape index (κ1) is 19.5. The Morgan fingerprint density at radius 1 is 1.33 bits per heavy atom. The normalized spacial score (nSPS) is 25.1. The van der Waals surface area contributed by atoms with Crippen LogP contribution in [0.5, 0.6) is 0 Å². The number of anilines is 2. The van der Waals surface area contributed by atoms with E-state index in [2.05, 4.69) is 26.1 Å². The molecule has 11 heteroatoms. The molecule has 2 saturated heterocycles. The molecule has 2 aliphatic heterocycles. The number of hydrogen-bond acceptors (Lipinski definition) is 8. The van der Waals surface area contributed by atoms with Crippen LogP contribution in [0.1, 0.15) is 12.8 Å².